The maximum Gasteiger partial charge on any atom is 0.406 e. The van der Waals surface area contributed by atoms with Gasteiger partial charge in [-0.25, -0.2) is 13.6 Å². The molecule has 0 spiro atoms. The Balaban J connectivity index is 3.24. The van der Waals surface area contributed by atoms with Gasteiger partial charge in [-0.2, -0.15) is 13.2 Å². The van der Waals surface area contributed by atoms with E-state index in [2.05, 4.69) is 0 Å². The minimum absolute atomic E-state index is 0.0542. The quantitative estimate of drug-likeness (QED) is 0.893. The van der Waals surface area contributed by atoms with Crippen LogP contribution in [0.1, 0.15) is 10.4 Å². The Morgan fingerprint density at radius 3 is 2.38 bits per heavy atom. The van der Waals surface area contributed by atoms with Crippen LogP contribution in [0, 0.1) is 0 Å². The molecule has 0 bridgehead atoms. The number of nitrogens with two attached hydrogens (primary N) is 1. The molecule has 0 saturated carbocycles. The molecular weight excluding hydrogens is 313 g/mol. The molecule has 0 aliphatic heterocycles. The van der Waals surface area contributed by atoms with Crippen molar-refractivity contribution in [2.24, 2.45) is 5.14 Å². The average Bonchev–Trinajstić information content (AvgIpc) is 2.33. The minimum Gasteiger partial charge on any atom is -0.496 e. The lowest BCUT2D eigenvalue weighted by Gasteiger charge is -2.20. The van der Waals surface area contributed by atoms with E-state index in [1.807, 2.05) is 0 Å². The highest BCUT2D eigenvalue weighted by molar-refractivity contribution is 7.89. The van der Waals surface area contributed by atoms with Gasteiger partial charge in [0.25, 0.3) is 5.91 Å². The highest BCUT2D eigenvalue weighted by Crippen LogP contribution is 2.24. The molecule has 1 amide bonds. The summed E-state index contributed by atoms with van der Waals surface area (Å²) in [6.07, 6.45) is -4.57. The van der Waals surface area contributed by atoms with Crippen LogP contribution >= 0.6 is 0 Å². The van der Waals surface area contributed by atoms with E-state index in [0.717, 1.165) is 25.2 Å². The van der Waals surface area contributed by atoms with Crippen molar-refractivity contribution < 1.29 is 31.1 Å². The van der Waals surface area contributed by atoms with Gasteiger partial charge in [0.2, 0.25) is 10.0 Å². The smallest absolute Gasteiger partial charge is 0.406 e. The molecule has 1 rings (SSSR count). The van der Waals surface area contributed by atoms with Crippen molar-refractivity contribution in [1.29, 1.82) is 0 Å². The summed E-state index contributed by atoms with van der Waals surface area (Å²) in [6.45, 7) is -1.48. The molecule has 0 saturated heterocycles. The monoisotopic (exact) mass is 326 g/mol. The molecule has 0 atom stereocenters. The van der Waals surface area contributed by atoms with Gasteiger partial charge in [-0.15, -0.1) is 0 Å². The van der Waals surface area contributed by atoms with E-state index in [1.165, 1.54) is 7.11 Å². The summed E-state index contributed by atoms with van der Waals surface area (Å²) in [5.74, 6) is -1.09. The standard InChI is InChI=1S/C11H13F3N2O4S/c1-16(6-11(12,13)14)10(17)8-5-7(21(15,18)19)3-4-9(8)20-2/h3-5H,6H2,1-2H3,(H2,15,18,19). The van der Waals surface area contributed by atoms with Gasteiger partial charge < -0.3 is 9.64 Å². The maximum atomic E-state index is 12.3. The molecule has 118 valence electrons. The molecule has 1 aromatic rings. The van der Waals surface area contributed by atoms with Crippen molar-refractivity contribution in [3.05, 3.63) is 23.8 Å². The minimum atomic E-state index is -4.57. The van der Waals surface area contributed by atoms with Gasteiger partial charge in [0, 0.05) is 7.05 Å². The van der Waals surface area contributed by atoms with Crippen LogP contribution in [0.3, 0.4) is 0 Å². The van der Waals surface area contributed by atoms with E-state index >= 15 is 0 Å². The summed E-state index contributed by atoms with van der Waals surface area (Å²) in [5, 5.41) is 4.92. The third kappa shape index (κ3) is 4.60. The van der Waals surface area contributed by atoms with E-state index in [4.69, 9.17) is 9.88 Å². The van der Waals surface area contributed by atoms with E-state index < -0.39 is 33.5 Å². The highest BCUT2D eigenvalue weighted by Gasteiger charge is 2.32. The van der Waals surface area contributed by atoms with Crippen LogP contribution in [0.15, 0.2) is 23.1 Å². The van der Waals surface area contributed by atoms with Gasteiger partial charge in [-0.05, 0) is 18.2 Å². The lowest BCUT2D eigenvalue weighted by Crippen LogP contribution is -2.36. The molecule has 0 aliphatic carbocycles. The number of methoxy groups -OCH3 is 1. The van der Waals surface area contributed by atoms with Crippen molar-refractivity contribution in [1.82, 2.24) is 4.90 Å². The van der Waals surface area contributed by atoms with Crippen LogP contribution in [0.5, 0.6) is 5.75 Å². The average molecular weight is 326 g/mol. The third-order valence-electron chi connectivity index (χ3n) is 2.49. The first-order valence-corrected chi connectivity index (χ1v) is 7.03. The molecule has 0 fully saturated rings. The molecule has 0 radical (unpaired) electrons. The van der Waals surface area contributed by atoms with Crippen LogP contribution in [0.2, 0.25) is 0 Å². The fraction of sp³-hybridized carbons (Fsp3) is 0.364. The summed E-state index contributed by atoms with van der Waals surface area (Å²) in [4.78, 5) is 12.0. The normalized spacial score (nSPS) is 12.1. The number of sulfonamides is 1. The zero-order chi connectivity index (χ0) is 16.4. The van der Waals surface area contributed by atoms with Gasteiger partial charge in [0.1, 0.15) is 12.3 Å². The van der Waals surface area contributed by atoms with Crippen molar-refractivity contribution in [2.75, 3.05) is 20.7 Å². The Hall–Kier alpha value is -1.81. The Kier molecular flexibility index (Phi) is 4.84. The van der Waals surface area contributed by atoms with E-state index in [0.29, 0.717) is 4.90 Å². The van der Waals surface area contributed by atoms with Crippen molar-refractivity contribution in [3.63, 3.8) is 0 Å². The third-order valence-corrected chi connectivity index (χ3v) is 3.40. The number of ether oxygens (including phenoxy) is 1. The fourth-order valence-electron chi connectivity index (χ4n) is 1.58. The Labute approximate surface area is 119 Å². The molecule has 2 N–H and O–H groups in total. The Bertz CT molecular complexity index is 643. The number of nitrogens with zero attached hydrogens (tertiary/aromatic N) is 1. The summed E-state index contributed by atoms with van der Waals surface area (Å²) < 4.78 is 64.2. The zero-order valence-electron chi connectivity index (χ0n) is 11.1. The number of benzene rings is 1. The lowest BCUT2D eigenvalue weighted by atomic mass is 10.1. The SMILES string of the molecule is COc1ccc(S(N)(=O)=O)cc1C(=O)N(C)CC(F)(F)F. The topological polar surface area (TPSA) is 89.7 Å². The molecule has 0 aliphatic rings. The summed E-state index contributed by atoms with van der Waals surface area (Å²) in [6, 6.07) is 3.12. The van der Waals surface area contributed by atoms with Crippen LogP contribution in [0.4, 0.5) is 13.2 Å². The van der Waals surface area contributed by atoms with Gasteiger partial charge in [-0.1, -0.05) is 0 Å². The van der Waals surface area contributed by atoms with Gasteiger partial charge in [0.05, 0.1) is 17.6 Å². The van der Waals surface area contributed by atoms with Crippen molar-refractivity contribution in [3.8, 4) is 5.75 Å². The molecule has 0 aromatic heterocycles. The summed E-state index contributed by atoms with van der Waals surface area (Å²) in [7, 11) is -1.95. The number of hydrogen-bond acceptors (Lipinski definition) is 4. The summed E-state index contributed by atoms with van der Waals surface area (Å²) in [5.41, 5.74) is -0.323. The zero-order valence-corrected chi connectivity index (χ0v) is 12.0. The molecule has 21 heavy (non-hydrogen) atoms. The second-order valence-electron chi connectivity index (χ2n) is 4.18. The van der Waals surface area contributed by atoms with Crippen molar-refractivity contribution >= 4 is 15.9 Å². The van der Waals surface area contributed by atoms with Gasteiger partial charge >= 0.3 is 6.18 Å². The number of carbonyl (C=O) groups is 1. The predicted octanol–water partition coefficient (Wildman–Crippen LogP) is 0.977. The largest absolute Gasteiger partial charge is 0.496 e. The number of halogens is 3. The van der Waals surface area contributed by atoms with Gasteiger partial charge in [0.15, 0.2) is 0 Å². The Morgan fingerprint density at radius 1 is 1.38 bits per heavy atom. The first-order valence-electron chi connectivity index (χ1n) is 5.49. The molecule has 1 aromatic carbocycles. The number of rotatable bonds is 4. The summed E-state index contributed by atoms with van der Waals surface area (Å²) >= 11 is 0. The molecule has 10 heteroatoms. The molecule has 6 nitrogen and oxygen atoms in total. The van der Waals surface area contributed by atoms with Crippen LogP contribution < -0.4 is 9.88 Å². The lowest BCUT2D eigenvalue weighted by molar-refractivity contribution is -0.138. The number of amides is 1. The van der Waals surface area contributed by atoms with Gasteiger partial charge in [-0.3, -0.25) is 4.79 Å². The first kappa shape index (κ1) is 17.2. The number of alkyl halides is 3. The predicted molar refractivity (Wildman–Crippen MR) is 67.4 cm³/mol. The number of carbonyl (C=O) groups excluding carboxylic acids is 1. The van der Waals surface area contributed by atoms with Crippen LogP contribution in [-0.4, -0.2) is 46.1 Å². The van der Waals surface area contributed by atoms with Crippen molar-refractivity contribution in [2.45, 2.75) is 11.1 Å². The highest BCUT2D eigenvalue weighted by atomic mass is 32.2. The van der Waals surface area contributed by atoms with Crippen LogP contribution in [0.25, 0.3) is 0 Å². The second-order valence-corrected chi connectivity index (χ2v) is 5.74. The van der Waals surface area contributed by atoms with E-state index in [-0.39, 0.29) is 11.3 Å². The fourth-order valence-corrected chi connectivity index (χ4v) is 2.12. The number of hydrogen-bond donors (Lipinski definition) is 1. The maximum absolute atomic E-state index is 12.3. The van der Waals surface area contributed by atoms with Crippen LogP contribution in [-0.2, 0) is 10.0 Å². The molecule has 0 unspecified atom stereocenters. The molecular formula is C11H13F3N2O4S. The first-order chi connectivity index (χ1) is 9.45. The number of primary sulfonamides is 1. The Morgan fingerprint density at radius 2 is 1.95 bits per heavy atom. The second kappa shape index (κ2) is 5.90. The van der Waals surface area contributed by atoms with E-state index in [9.17, 15) is 26.4 Å². The van der Waals surface area contributed by atoms with E-state index in [1.54, 1.807) is 0 Å². The molecule has 0 heterocycles.